The largest absolute Gasteiger partial charge is 0.416 e. The van der Waals surface area contributed by atoms with Crippen molar-refractivity contribution in [1.29, 1.82) is 0 Å². The van der Waals surface area contributed by atoms with Crippen molar-refractivity contribution in [3.05, 3.63) is 51.5 Å². The minimum Gasteiger partial charge on any atom is -0.356 e. The number of hydrogen-bond donors (Lipinski definition) is 2. The van der Waals surface area contributed by atoms with Crippen LogP contribution < -0.4 is 10.6 Å². The fourth-order valence-electron chi connectivity index (χ4n) is 2.18. The van der Waals surface area contributed by atoms with E-state index in [1.54, 1.807) is 24.5 Å². The predicted molar refractivity (Wildman–Crippen MR) is 110 cm³/mol. The SMILES string of the molecule is CCc1cnc(CCNC(=NC)NCc2cccc(C(F)(F)F)c2)s1.I. The predicted octanol–water partition coefficient (Wildman–Crippen LogP) is 4.25. The highest BCUT2D eigenvalue weighted by Gasteiger charge is 2.30. The fourth-order valence-corrected chi connectivity index (χ4v) is 3.04. The van der Waals surface area contributed by atoms with Crippen molar-refractivity contribution >= 4 is 41.3 Å². The number of thiazole rings is 1. The molecule has 2 aromatic rings. The van der Waals surface area contributed by atoms with E-state index in [0.717, 1.165) is 30.0 Å². The zero-order chi connectivity index (χ0) is 18.3. The average Bonchev–Trinajstić information content (AvgIpc) is 3.05. The Hall–Kier alpha value is -1.36. The molecular weight excluding hydrogens is 476 g/mol. The smallest absolute Gasteiger partial charge is 0.356 e. The Kier molecular flexibility index (Phi) is 9.34. The molecule has 0 aliphatic rings. The Morgan fingerprint density at radius 3 is 2.65 bits per heavy atom. The summed E-state index contributed by atoms with van der Waals surface area (Å²) in [4.78, 5) is 9.68. The molecule has 0 aliphatic heterocycles. The Morgan fingerprint density at radius 2 is 2.04 bits per heavy atom. The van der Waals surface area contributed by atoms with Crippen LogP contribution in [0.3, 0.4) is 0 Å². The summed E-state index contributed by atoms with van der Waals surface area (Å²) in [6.45, 7) is 3.01. The third kappa shape index (κ3) is 7.10. The number of aliphatic imine (C=N–C) groups is 1. The molecule has 0 unspecified atom stereocenters. The monoisotopic (exact) mass is 498 g/mol. The summed E-state index contributed by atoms with van der Waals surface area (Å²) in [6.07, 6.45) is -0.693. The van der Waals surface area contributed by atoms with Gasteiger partial charge in [-0.3, -0.25) is 4.99 Å². The molecule has 26 heavy (non-hydrogen) atoms. The van der Waals surface area contributed by atoms with Crippen LogP contribution in [0.5, 0.6) is 0 Å². The summed E-state index contributed by atoms with van der Waals surface area (Å²) in [5.74, 6) is 0.546. The van der Waals surface area contributed by atoms with Crippen molar-refractivity contribution in [1.82, 2.24) is 15.6 Å². The van der Waals surface area contributed by atoms with Gasteiger partial charge in [0.2, 0.25) is 0 Å². The maximum absolute atomic E-state index is 12.7. The van der Waals surface area contributed by atoms with Crippen molar-refractivity contribution < 1.29 is 13.2 Å². The molecule has 0 saturated heterocycles. The van der Waals surface area contributed by atoms with E-state index in [0.29, 0.717) is 18.1 Å². The summed E-state index contributed by atoms with van der Waals surface area (Å²) in [5.41, 5.74) is -0.101. The van der Waals surface area contributed by atoms with Crippen molar-refractivity contribution in [2.75, 3.05) is 13.6 Å². The molecule has 0 bridgehead atoms. The lowest BCUT2D eigenvalue weighted by molar-refractivity contribution is -0.137. The molecule has 1 heterocycles. The van der Waals surface area contributed by atoms with Crippen LogP contribution in [0.4, 0.5) is 13.2 Å². The van der Waals surface area contributed by atoms with Crippen LogP contribution in [-0.2, 0) is 25.6 Å². The molecule has 4 nitrogen and oxygen atoms in total. The fraction of sp³-hybridized carbons (Fsp3) is 0.412. The van der Waals surface area contributed by atoms with Crippen LogP contribution >= 0.6 is 35.3 Å². The standard InChI is InChI=1S/C17H21F3N4S.HI/c1-3-14-11-23-15(25-14)7-8-22-16(21-2)24-10-12-5-4-6-13(9-12)17(18,19)20;/h4-6,9,11H,3,7-8,10H2,1-2H3,(H2,21,22,24);1H. The van der Waals surface area contributed by atoms with Crippen LogP contribution in [0.2, 0.25) is 0 Å². The summed E-state index contributed by atoms with van der Waals surface area (Å²) in [5, 5.41) is 7.22. The second kappa shape index (κ2) is 10.7. The Balaban J connectivity index is 0.00000338. The molecule has 0 amide bonds. The van der Waals surface area contributed by atoms with Gasteiger partial charge in [-0.2, -0.15) is 13.2 Å². The van der Waals surface area contributed by atoms with Crippen LogP contribution in [0.15, 0.2) is 35.5 Å². The highest BCUT2D eigenvalue weighted by molar-refractivity contribution is 14.0. The number of guanidine groups is 1. The van der Waals surface area contributed by atoms with Crippen molar-refractivity contribution in [2.24, 2.45) is 4.99 Å². The summed E-state index contributed by atoms with van der Waals surface area (Å²) >= 11 is 1.69. The number of aryl methyl sites for hydroxylation is 1. The summed E-state index contributed by atoms with van der Waals surface area (Å²) < 4.78 is 38.2. The van der Waals surface area contributed by atoms with Crippen LogP contribution in [0.1, 0.15) is 27.9 Å². The van der Waals surface area contributed by atoms with Gasteiger partial charge in [0, 0.05) is 37.6 Å². The summed E-state index contributed by atoms with van der Waals surface area (Å²) in [6, 6.07) is 5.26. The Bertz CT molecular complexity index is 716. The molecule has 2 rings (SSSR count). The molecule has 0 saturated carbocycles. The maximum atomic E-state index is 12.7. The quantitative estimate of drug-likeness (QED) is 0.356. The number of nitrogens with zero attached hydrogens (tertiary/aromatic N) is 2. The molecule has 9 heteroatoms. The van der Waals surface area contributed by atoms with Gasteiger partial charge in [-0.05, 0) is 24.1 Å². The molecule has 0 radical (unpaired) electrons. The van der Waals surface area contributed by atoms with Crippen molar-refractivity contribution in [2.45, 2.75) is 32.5 Å². The number of alkyl halides is 3. The first-order chi connectivity index (χ1) is 11.9. The average molecular weight is 498 g/mol. The van der Waals surface area contributed by atoms with E-state index in [9.17, 15) is 13.2 Å². The summed E-state index contributed by atoms with van der Waals surface area (Å²) in [7, 11) is 1.63. The molecule has 0 atom stereocenters. The van der Waals surface area contributed by atoms with Gasteiger partial charge in [0.15, 0.2) is 5.96 Å². The van der Waals surface area contributed by atoms with Gasteiger partial charge in [-0.1, -0.05) is 19.1 Å². The van der Waals surface area contributed by atoms with Crippen molar-refractivity contribution in [3.8, 4) is 0 Å². The second-order valence-corrected chi connectivity index (χ2v) is 6.57. The van der Waals surface area contributed by atoms with Gasteiger partial charge in [0.05, 0.1) is 10.6 Å². The van der Waals surface area contributed by atoms with Crippen LogP contribution in [-0.4, -0.2) is 24.5 Å². The first kappa shape index (κ1) is 22.7. The van der Waals surface area contributed by atoms with E-state index in [1.165, 1.54) is 10.9 Å². The number of aromatic nitrogens is 1. The highest BCUT2D eigenvalue weighted by atomic mass is 127. The molecule has 144 valence electrons. The first-order valence-corrected chi connectivity index (χ1v) is 8.78. The van der Waals surface area contributed by atoms with E-state index in [1.807, 2.05) is 6.20 Å². The second-order valence-electron chi connectivity index (χ2n) is 5.37. The molecule has 1 aromatic heterocycles. The van der Waals surface area contributed by atoms with Crippen LogP contribution in [0, 0.1) is 0 Å². The first-order valence-electron chi connectivity index (χ1n) is 7.96. The van der Waals surface area contributed by atoms with E-state index >= 15 is 0 Å². The number of nitrogens with one attached hydrogen (secondary N) is 2. The minimum atomic E-state index is -4.33. The van der Waals surface area contributed by atoms with Crippen LogP contribution in [0.25, 0.3) is 0 Å². The number of halogens is 4. The molecular formula is C17H22F3IN4S. The third-order valence-electron chi connectivity index (χ3n) is 3.52. The van der Waals surface area contributed by atoms with E-state index in [2.05, 4.69) is 27.5 Å². The molecule has 2 N–H and O–H groups in total. The van der Waals surface area contributed by atoms with Crippen molar-refractivity contribution in [3.63, 3.8) is 0 Å². The third-order valence-corrected chi connectivity index (χ3v) is 4.72. The van der Waals surface area contributed by atoms with Gasteiger partial charge >= 0.3 is 6.18 Å². The minimum absolute atomic E-state index is 0. The van der Waals surface area contributed by atoms with E-state index in [-0.39, 0.29) is 30.5 Å². The highest BCUT2D eigenvalue weighted by Crippen LogP contribution is 2.29. The topological polar surface area (TPSA) is 49.3 Å². The molecule has 0 spiro atoms. The Morgan fingerprint density at radius 1 is 1.27 bits per heavy atom. The normalized spacial score (nSPS) is 11.8. The zero-order valence-corrected chi connectivity index (χ0v) is 17.7. The lowest BCUT2D eigenvalue weighted by Crippen LogP contribution is -2.37. The molecule has 0 aliphatic carbocycles. The van der Waals surface area contributed by atoms with E-state index in [4.69, 9.17) is 0 Å². The maximum Gasteiger partial charge on any atom is 0.416 e. The van der Waals surface area contributed by atoms with Gasteiger partial charge < -0.3 is 10.6 Å². The molecule has 1 aromatic carbocycles. The lowest BCUT2D eigenvalue weighted by atomic mass is 10.1. The zero-order valence-electron chi connectivity index (χ0n) is 14.6. The van der Waals surface area contributed by atoms with Gasteiger partial charge in [0.25, 0.3) is 0 Å². The number of rotatable bonds is 6. The van der Waals surface area contributed by atoms with E-state index < -0.39 is 11.7 Å². The van der Waals surface area contributed by atoms with Gasteiger partial charge in [-0.15, -0.1) is 35.3 Å². The number of hydrogen-bond acceptors (Lipinski definition) is 3. The van der Waals surface area contributed by atoms with Gasteiger partial charge in [0.1, 0.15) is 0 Å². The Labute approximate surface area is 172 Å². The lowest BCUT2D eigenvalue weighted by Gasteiger charge is -2.13. The molecule has 0 fully saturated rings. The number of benzene rings is 1. The van der Waals surface area contributed by atoms with Gasteiger partial charge in [-0.25, -0.2) is 4.98 Å².